The van der Waals surface area contributed by atoms with Gasteiger partial charge in [0.05, 0.1) is 12.1 Å². The van der Waals surface area contributed by atoms with Gasteiger partial charge in [0.15, 0.2) is 23.2 Å². The summed E-state index contributed by atoms with van der Waals surface area (Å²) >= 11 is 17.1. The minimum Gasteiger partial charge on any atom is -0.493 e. The smallest absolute Gasteiger partial charge is 0.263 e. The zero-order chi connectivity index (χ0) is 23.4. The van der Waals surface area contributed by atoms with E-state index in [0.29, 0.717) is 16.3 Å². The van der Waals surface area contributed by atoms with E-state index < -0.39 is 17.7 Å². The summed E-state index contributed by atoms with van der Waals surface area (Å²) in [6.45, 7) is 1.51. The fourth-order valence-electron chi connectivity index (χ4n) is 2.74. The molecule has 0 atom stereocenters. The molecule has 2 aromatic rings. The fourth-order valence-corrected chi connectivity index (χ4v) is 3.38. The minimum atomic E-state index is -0.637. The summed E-state index contributed by atoms with van der Waals surface area (Å²) in [5, 5.41) is 7.94. The third-order valence-electron chi connectivity index (χ3n) is 4.31. The zero-order valence-electron chi connectivity index (χ0n) is 16.9. The van der Waals surface area contributed by atoms with Crippen LogP contribution in [0.1, 0.15) is 11.1 Å². The SMILES string of the molecule is COc1cc(C=C2C(=O)NC(=S)NC2=O)cc(Cl)c1OCC(=O)Nc1ccc(C)c(Cl)c1. The lowest BCUT2D eigenvalue weighted by Gasteiger charge is -2.17. The summed E-state index contributed by atoms with van der Waals surface area (Å²) in [6, 6.07) is 8.12. The largest absolute Gasteiger partial charge is 0.493 e. The lowest BCUT2D eigenvalue weighted by atomic mass is 10.1. The van der Waals surface area contributed by atoms with E-state index in [1.807, 2.05) is 6.92 Å². The maximum atomic E-state index is 12.2. The van der Waals surface area contributed by atoms with Gasteiger partial charge in [0.2, 0.25) is 0 Å². The number of amides is 3. The average molecular weight is 494 g/mol. The highest BCUT2D eigenvalue weighted by molar-refractivity contribution is 7.80. The molecule has 3 N–H and O–H groups in total. The number of methoxy groups -OCH3 is 1. The predicted molar refractivity (Wildman–Crippen MR) is 125 cm³/mol. The number of hydrogen-bond acceptors (Lipinski definition) is 6. The Bertz CT molecular complexity index is 1140. The first-order chi connectivity index (χ1) is 15.2. The molecule has 0 spiro atoms. The van der Waals surface area contributed by atoms with Crippen molar-refractivity contribution in [2.75, 3.05) is 19.0 Å². The first-order valence-corrected chi connectivity index (χ1v) is 10.3. The highest BCUT2D eigenvalue weighted by atomic mass is 35.5. The van der Waals surface area contributed by atoms with Gasteiger partial charge in [0, 0.05) is 10.7 Å². The molecule has 2 aromatic carbocycles. The molecule has 11 heteroatoms. The predicted octanol–water partition coefficient (Wildman–Crippen LogP) is 3.24. The summed E-state index contributed by atoms with van der Waals surface area (Å²) in [7, 11) is 1.39. The standard InChI is InChI=1S/C21H17Cl2N3O5S/c1-10-3-4-12(8-14(10)22)24-17(27)9-31-18-15(23)6-11(7-16(18)30-2)5-13-19(28)25-21(32)26-20(13)29/h3-8H,9H2,1-2H3,(H,24,27)(H2,25,26,28,29,32). The highest BCUT2D eigenvalue weighted by Crippen LogP contribution is 2.37. The molecule has 0 bridgehead atoms. The van der Waals surface area contributed by atoms with E-state index in [1.165, 1.54) is 25.3 Å². The van der Waals surface area contributed by atoms with Crippen molar-refractivity contribution in [2.24, 2.45) is 0 Å². The van der Waals surface area contributed by atoms with Crippen LogP contribution < -0.4 is 25.4 Å². The first kappa shape index (κ1) is 23.5. The lowest BCUT2D eigenvalue weighted by molar-refractivity contribution is -0.123. The van der Waals surface area contributed by atoms with Gasteiger partial charge in [-0.3, -0.25) is 25.0 Å². The van der Waals surface area contributed by atoms with Crippen LogP contribution in [0.4, 0.5) is 5.69 Å². The van der Waals surface area contributed by atoms with Gasteiger partial charge in [-0.25, -0.2) is 0 Å². The van der Waals surface area contributed by atoms with Crippen molar-refractivity contribution in [1.82, 2.24) is 10.6 Å². The van der Waals surface area contributed by atoms with Crippen LogP contribution in [0.2, 0.25) is 10.0 Å². The number of halogens is 2. The van der Waals surface area contributed by atoms with Crippen molar-refractivity contribution in [3.05, 3.63) is 57.1 Å². The van der Waals surface area contributed by atoms with Crippen LogP contribution in [0.15, 0.2) is 35.9 Å². The molecule has 0 unspecified atom stereocenters. The number of carbonyl (C=O) groups excluding carboxylic acids is 3. The molecular weight excluding hydrogens is 477 g/mol. The monoisotopic (exact) mass is 493 g/mol. The molecule has 0 aromatic heterocycles. The quantitative estimate of drug-likeness (QED) is 0.324. The van der Waals surface area contributed by atoms with Gasteiger partial charge in [-0.05, 0) is 60.6 Å². The number of hydrogen-bond donors (Lipinski definition) is 3. The molecule has 3 rings (SSSR count). The number of ether oxygens (including phenoxy) is 2. The summed E-state index contributed by atoms with van der Waals surface area (Å²) in [4.78, 5) is 36.3. The summed E-state index contributed by atoms with van der Waals surface area (Å²) < 4.78 is 10.8. The zero-order valence-corrected chi connectivity index (χ0v) is 19.2. The number of thiocarbonyl (C=S) groups is 1. The number of anilines is 1. The van der Waals surface area contributed by atoms with E-state index in [4.69, 9.17) is 44.9 Å². The molecule has 1 saturated heterocycles. The van der Waals surface area contributed by atoms with Crippen LogP contribution in [0.25, 0.3) is 6.08 Å². The molecule has 8 nitrogen and oxygen atoms in total. The van der Waals surface area contributed by atoms with E-state index >= 15 is 0 Å². The Morgan fingerprint density at radius 1 is 1.12 bits per heavy atom. The first-order valence-electron chi connectivity index (χ1n) is 9.12. The molecule has 3 amide bonds. The maximum Gasteiger partial charge on any atom is 0.263 e. The van der Waals surface area contributed by atoms with E-state index in [-0.39, 0.29) is 33.8 Å². The number of carbonyl (C=O) groups is 3. The van der Waals surface area contributed by atoms with Crippen LogP contribution in [0, 0.1) is 6.92 Å². The Balaban J connectivity index is 1.75. The van der Waals surface area contributed by atoms with Crippen LogP contribution in [0.5, 0.6) is 11.5 Å². The normalized spacial score (nSPS) is 13.2. The molecular formula is C21H17Cl2N3O5S. The van der Waals surface area contributed by atoms with Crippen molar-refractivity contribution in [1.29, 1.82) is 0 Å². The van der Waals surface area contributed by atoms with Crippen molar-refractivity contribution in [3.63, 3.8) is 0 Å². The van der Waals surface area contributed by atoms with Gasteiger partial charge in [0.25, 0.3) is 17.7 Å². The molecule has 1 fully saturated rings. The van der Waals surface area contributed by atoms with E-state index in [9.17, 15) is 14.4 Å². The molecule has 32 heavy (non-hydrogen) atoms. The van der Waals surface area contributed by atoms with Crippen molar-refractivity contribution >= 4 is 70.0 Å². The van der Waals surface area contributed by atoms with Crippen molar-refractivity contribution in [2.45, 2.75) is 6.92 Å². The number of benzene rings is 2. The van der Waals surface area contributed by atoms with Crippen LogP contribution in [0.3, 0.4) is 0 Å². The second-order valence-corrected chi connectivity index (χ2v) is 7.85. The molecule has 1 aliphatic heterocycles. The Kier molecular flexibility index (Phi) is 7.34. The minimum absolute atomic E-state index is 0.0669. The van der Waals surface area contributed by atoms with E-state index in [1.54, 1.807) is 18.2 Å². The average Bonchev–Trinajstić information content (AvgIpc) is 2.72. The number of nitrogens with one attached hydrogen (secondary N) is 3. The van der Waals surface area contributed by atoms with E-state index in [0.717, 1.165) is 5.56 Å². The van der Waals surface area contributed by atoms with Gasteiger partial charge in [-0.15, -0.1) is 0 Å². The summed E-state index contributed by atoms with van der Waals surface area (Å²) in [5.74, 6) is -1.36. The number of aryl methyl sites for hydroxylation is 1. The topological polar surface area (TPSA) is 106 Å². The lowest BCUT2D eigenvalue weighted by Crippen LogP contribution is -2.51. The van der Waals surface area contributed by atoms with Crippen molar-refractivity contribution < 1.29 is 23.9 Å². The maximum absolute atomic E-state index is 12.2. The van der Waals surface area contributed by atoms with Gasteiger partial charge in [0.1, 0.15) is 5.57 Å². The van der Waals surface area contributed by atoms with Crippen LogP contribution in [-0.2, 0) is 14.4 Å². The molecule has 0 aliphatic carbocycles. The van der Waals surface area contributed by atoms with Crippen molar-refractivity contribution in [3.8, 4) is 11.5 Å². The molecule has 1 aliphatic rings. The second-order valence-electron chi connectivity index (χ2n) is 6.63. The van der Waals surface area contributed by atoms with Crippen LogP contribution >= 0.6 is 35.4 Å². The third-order valence-corrected chi connectivity index (χ3v) is 5.20. The Labute approximate surface area is 198 Å². The second kappa shape index (κ2) is 9.99. The molecule has 0 saturated carbocycles. The van der Waals surface area contributed by atoms with Gasteiger partial charge in [-0.1, -0.05) is 29.3 Å². The highest BCUT2D eigenvalue weighted by Gasteiger charge is 2.26. The molecule has 166 valence electrons. The van der Waals surface area contributed by atoms with Crippen LogP contribution in [-0.4, -0.2) is 36.6 Å². The molecule has 1 heterocycles. The Hall–Kier alpha value is -3.14. The molecule has 0 radical (unpaired) electrons. The van der Waals surface area contributed by atoms with Gasteiger partial charge >= 0.3 is 0 Å². The summed E-state index contributed by atoms with van der Waals surface area (Å²) in [6.07, 6.45) is 1.33. The van der Waals surface area contributed by atoms with Gasteiger partial charge in [-0.2, -0.15) is 0 Å². The third kappa shape index (κ3) is 5.56. The Morgan fingerprint density at radius 3 is 2.44 bits per heavy atom. The Morgan fingerprint density at radius 2 is 1.81 bits per heavy atom. The van der Waals surface area contributed by atoms with E-state index in [2.05, 4.69) is 16.0 Å². The number of rotatable bonds is 6. The summed E-state index contributed by atoms with van der Waals surface area (Å²) in [5.41, 5.74) is 1.67. The van der Waals surface area contributed by atoms with Gasteiger partial charge < -0.3 is 14.8 Å². The fraction of sp³-hybridized carbons (Fsp3) is 0.143.